The van der Waals surface area contributed by atoms with Crippen LogP contribution in [0.2, 0.25) is 0 Å². The van der Waals surface area contributed by atoms with Crippen LogP contribution in [0.5, 0.6) is 0 Å². The highest BCUT2D eigenvalue weighted by Gasteiger charge is 2.21. The molecular weight excluding hydrogens is 326 g/mol. The molecule has 0 fully saturated rings. The fourth-order valence-electron chi connectivity index (χ4n) is 3.17. The first-order valence-electron chi connectivity index (χ1n) is 8.46. The van der Waals surface area contributed by atoms with E-state index in [2.05, 4.69) is 10.3 Å². The van der Waals surface area contributed by atoms with Crippen molar-refractivity contribution in [2.24, 2.45) is 5.73 Å². The van der Waals surface area contributed by atoms with Gasteiger partial charge < -0.3 is 11.1 Å². The topological polar surface area (TPSA) is 85.1 Å². The molecule has 3 rings (SSSR count). The third-order valence-electron chi connectivity index (χ3n) is 4.55. The summed E-state index contributed by atoms with van der Waals surface area (Å²) in [5.74, 6) is -0.851. The Balaban J connectivity index is 1.86. The van der Waals surface area contributed by atoms with Crippen LogP contribution in [0.4, 0.5) is 0 Å². The van der Waals surface area contributed by atoms with Crippen molar-refractivity contribution in [3.05, 3.63) is 77.0 Å². The molecule has 3 N–H and O–H groups in total. The highest BCUT2D eigenvalue weighted by atomic mass is 16.2. The second-order valence-electron chi connectivity index (χ2n) is 6.31. The van der Waals surface area contributed by atoms with E-state index in [0.717, 1.165) is 27.7 Å². The van der Waals surface area contributed by atoms with Crippen LogP contribution in [-0.4, -0.2) is 16.8 Å². The van der Waals surface area contributed by atoms with Gasteiger partial charge in [0.1, 0.15) is 6.04 Å². The molecule has 0 spiro atoms. The number of amides is 2. The Labute approximate surface area is 152 Å². The smallest absolute Gasteiger partial charge is 0.244 e. The maximum atomic E-state index is 12.6. The van der Waals surface area contributed by atoms with Gasteiger partial charge in [0.2, 0.25) is 11.8 Å². The molecule has 0 saturated carbocycles. The summed E-state index contributed by atoms with van der Waals surface area (Å²) in [7, 11) is 0. The number of hydrogen-bond donors (Lipinski definition) is 2. The molecule has 26 heavy (non-hydrogen) atoms. The zero-order valence-electron chi connectivity index (χ0n) is 14.8. The first-order chi connectivity index (χ1) is 12.5. The maximum Gasteiger partial charge on any atom is 0.244 e. The summed E-state index contributed by atoms with van der Waals surface area (Å²) in [5, 5.41) is 3.77. The second kappa shape index (κ2) is 7.35. The monoisotopic (exact) mass is 347 g/mol. The lowest BCUT2D eigenvalue weighted by molar-refractivity contribution is -0.127. The third-order valence-corrected chi connectivity index (χ3v) is 4.55. The number of nitrogens with two attached hydrogens (primary N) is 1. The molecular formula is C21H21N3O2. The van der Waals surface area contributed by atoms with E-state index >= 15 is 0 Å². The Morgan fingerprint density at radius 1 is 1.04 bits per heavy atom. The second-order valence-corrected chi connectivity index (χ2v) is 6.31. The van der Waals surface area contributed by atoms with Crippen molar-refractivity contribution >= 4 is 22.7 Å². The van der Waals surface area contributed by atoms with Crippen LogP contribution in [0.1, 0.15) is 28.4 Å². The van der Waals surface area contributed by atoms with Crippen LogP contribution < -0.4 is 11.1 Å². The van der Waals surface area contributed by atoms with Gasteiger partial charge in [-0.1, -0.05) is 48.5 Å². The number of aryl methyl sites for hydroxylation is 2. The molecule has 1 atom stereocenters. The quantitative estimate of drug-likeness (QED) is 0.744. The predicted octanol–water partition coefficient (Wildman–Crippen LogP) is 2.74. The van der Waals surface area contributed by atoms with Gasteiger partial charge >= 0.3 is 0 Å². The molecule has 2 amide bonds. The molecule has 5 nitrogen and oxygen atoms in total. The summed E-state index contributed by atoms with van der Waals surface area (Å²) in [4.78, 5) is 29.0. The molecule has 0 saturated heterocycles. The SMILES string of the molecule is Cc1nc2ccccc2c(C)c1CC(=O)N[C@@H](C(N)=O)c1ccccc1. The number of nitrogens with one attached hydrogen (secondary N) is 1. The highest BCUT2D eigenvalue weighted by molar-refractivity contribution is 5.90. The Morgan fingerprint density at radius 2 is 1.69 bits per heavy atom. The summed E-state index contributed by atoms with van der Waals surface area (Å²) in [5.41, 5.74) is 9.76. The minimum Gasteiger partial charge on any atom is -0.368 e. The molecule has 2 aromatic carbocycles. The Bertz CT molecular complexity index is 968. The van der Waals surface area contributed by atoms with Gasteiger partial charge in [-0.3, -0.25) is 14.6 Å². The number of carbonyl (C=O) groups excluding carboxylic acids is 2. The highest BCUT2D eigenvalue weighted by Crippen LogP contribution is 2.23. The molecule has 1 aromatic heterocycles. The van der Waals surface area contributed by atoms with E-state index in [1.165, 1.54) is 0 Å². The first kappa shape index (κ1) is 17.6. The average Bonchev–Trinajstić information content (AvgIpc) is 2.63. The number of nitrogens with zero attached hydrogens (tertiary/aromatic N) is 1. The molecule has 0 aliphatic heterocycles. The lowest BCUT2D eigenvalue weighted by Crippen LogP contribution is -2.38. The lowest BCUT2D eigenvalue weighted by Gasteiger charge is -2.17. The van der Waals surface area contributed by atoms with Crippen molar-refractivity contribution in [2.45, 2.75) is 26.3 Å². The zero-order valence-corrected chi connectivity index (χ0v) is 14.8. The minimum atomic E-state index is -0.849. The van der Waals surface area contributed by atoms with Crippen molar-refractivity contribution in [2.75, 3.05) is 0 Å². The van der Waals surface area contributed by atoms with Gasteiger partial charge in [-0.25, -0.2) is 0 Å². The van der Waals surface area contributed by atoms with Crippen molar-refractivity contribution in [1.29, 1.82) is 0 Å². The number of hydrogen-bond acceptors (Lipinski definition) is 3. The van der Waals surface area contributed by atoms with Crippen LogP contribution in [0, 0.1) is 13.8 Å². The minimum absolute atomic E-state index is 0.145. The fraction of sp³-hybridized carbons (Fsp3) is 0.190. The van der Waals surface area contributed by atoms with Gasteiger partial charge in [0.25, 0.3) is 0 Å². The summed E-state index contributed by atoms with van der Waals surface area (Å²) in [6, 6.07) is 16.0. The number of aromatic nitrogens is 1. The van der Waals surface area contributed by atoms with Crippen LogP contribution in [0.25, 0.3) is 10.9 Å². The van der Waals surface area contributed by atoms with Crippen molar-refractivity contribution in [3.63, 3.8) is 0 Å². The van der Waals surface area contributed by atoms with Crippen molar-refractivity contribution in [3.8, 4) is 0 Å². The number of para-hydroxylation sites is 1. The van der Waals surface area contributed by atoms with E-state index in [0.29, 0.717) is 5.56 Å². The van der Waals surface area contributed by atoms with E-state index in [-0.39, 0.29) is 12.3 Å². The summed E-state index contributed by atoms with van der Waals surface area (Å²) >= 11 is 0. The van der Waals surface area contributed by atoms with E-state index in [9.17, 15) is 9.59 Å². The molecule has 0 radical (unpaired) electrons. The first-order valence-corrected chi connectivity index (χ1v) is 8.46. The number of rotatable bonds is 5. The summed E-state index contributed by atoms with van der Waals surface area (Å²) in [6.07, 6.45) is 0.145. The summed E-state index contributed by atoms with van der Waals surface area (Å²) < 4.78 is 0. The molecule has 132 valence electrons. The number of benzene rings is 2. The summed E-state index contributed by atoms with van der Waals surface area (Å²) in [6.45, 7) is 3.88. The van der Waals surface area contributed by atoms with Gasteiger partial charge in [-0.15, -0.1) is 0 Å². The number of primary amides is 1. The van der Waals surface area contributed by atoms with Gasteiger partial charge in [-0.2, -0.15) is 0 Å². The lowest BCUT2D eigenvalue weighted by atomic mass is 9.99. The third kappa shape index (κ3) is 3.57. The Kier molecular flexibility index (Phi) is 4.98. The number of pyridine rings is 1. The standard InChI is InChI=1S/C21H21N3O2/c1-13-16-10-6-7-11-18(16)23-14(2)17(13)12-19(25)24-20(21(22)26)15-8-4-3-5-9-15/h3-11,20H,12H2,1-2H3,(H2,22,26)(H,24,25)/t20-/m1/s1. The van der Waals surface area contributed by atoms with Crippen LogP contribution >= 0.6 is 0 Å². The van der Waals surface area contributed by atoms with Gasteiger partial charge in [0.05, 0.1) is 11.9 Å². The molecule has 1 heterocycles. The van der Waals surface area contributed by atoms with Gasteiger partial charge in [0, 0.05) is 11.1 Å². The van der Waals surface area contributed by atoms with Crippen LogP contribution in [-0.2, 0) is 16.0 Å². The van der Waals surface area contributed by atoms with E-state index in [4.69, 9.17) is 5.73 Å². The molecule has 0 bridgehead atoms. The number of carbonyl (C=O) groups is 2. The van der Waals surface area contributed by atoms with E-state index < -0.39 is 11.9 Å². The van der Waals surface area contributed by atoms with Crippen molar-refractivity contribution in [1.82, 2.24) is 10.3 Å². The Hall–Kier alpha value is -3.21. The Morgan fingerprint density at radius 3 is 2.38 bits per heavy atom. The molecule has 5 heteroatoms. The normalized spacial score (nSPS) is 11.9. The molecule has 0 aliphatic carbocycles. The maximum absolute atomic E-state index is 12.6. The largest absolute Gasteiger partial charge is 0.368 e. The van der Waals surface area contributed by atoms with Gasteiger partial charge in [0.15, 0.2) is 0 Å². The number of fused-ring (bicyclic) bond motifs is 1. The predicted molar refractivity (Wildman–Crippen MR) is 101 cm³/mol. The molecule has 0 unspecified atom stereocenters. The molecule has 3 aromatic rings. The zero-order chi connectivity index (χ0) is 18.7. The molecule has 0 aliphatic rings. The van der Waals surface area contributed by atoms with E-state index in [1.54, 1.807) is 24.3 Å². The average molecular weight is 347 g/mol. The van der Waals surface area contributed by atoms with Gasteiger partial charge in [-0.05, 0) is 36.6 Å². The van der Waals surface area contributed by atoms with Crippen LogP contribution in [0.15, 0.2) is 54.6 Å². The van der Waals surface area contributed by atoms with Crippen LogP contribution in [0.3, 0.4) is 0 Å². The van der Waals surface area contributed by atoms with Crippen molar-refractivity contribution < 1.29 is 9.59 Å². The fourth-order valence-corrected chi connectivity index (χ4v) is 3.17. The van der Waals surface area contributed by atoms with E-state index in [1.807, 2.05) is 44.2 Å².